The van der Waals surface area contributed by atoms with Gasteiger partial charge in [0.1, 0.15) is 5.82 Å². The monoisotopic (exact) mass is 218 g/mol. The summed E-state index contributed by atoms with van der Waals surface area (Å²) in [5, 5.41) is 0. The van der Waals surface area contributed by atoms with Crippen molar-refractivity contribution in [2.24, 2.45) is 5.73 Å². The fraction of sp³-hybridized carbons (Fsp3) is 0.143. The molecule has 0 saturated carbocycles. The number of benzene rings is 1. The van der Waals surface area contributed by atoms with Crippen LogP contribution in [0.2, 0.25) is 0 Å². The molecule has 0 amide bonds. The van der Waals surface area contributed by atoms with Crippen molar-refractivity contribution >= 4 is 21.6 Å². The van der Waals surface area contributed by atoms with Crippen LogP contribution >= 0.6 is 15.9 Å². The molecule has 0 unspecified atom stereocenters. The summed E-state index contributed by atoms with van der Waals surface area (Å²) in [5.41, 5.74) is 11.5. The van der Waals surface area contributed by atoms with E-state index in [0.717, 1.165) is 0 Å². The SMILES string of the molecule is NCc1ccc(N)c(Br)c1F. The summed E-state index contributed by atoms with van der Waals surface area (Å²) in [7, 11) is 0. The molecule has 0 aliphatic carbocycles. The van der Waals surface area contributed by atoms with Crippen molar-refractivity contribution in [2.45, 2.75) is 6.54 Å². The maximum Gasteiger partial charge on any atom is 0.143 e. The minimum Gasteiger partial charge on any atom is -0.398 e. The minimum atomic E-state index is -0.368. The smallest absolute Gasteiger partial charge is 0.143 e. The van der Waals surface area contributed by atoms with Crippen LogP contribution in [0.15, 0.2) is 16.6 Å². The highest BCUT2D eigenvalue weighted by Gasteiger charge is 2.06. The molecule has 0 bridgehead atoms. The van der Waals surface area contributed by atoms with E-state index in [1.807, 2.05) is 0 Å². The lowest BCUT2D eigenvalue weighted by Gasteiger charge is -2.03. The Morgan fingerprint density at radius 1 is 1.45 bits per heavy atom. The van der Waals surface area contributed by atoms with Crippen LogP contribution in [0.4, 0.5) is 10.1 Å². The summed E-state index contributed by atoms with van der Waals surface area (Å²) in [6.45, 7) is 0.185. The Balaban J connectivity index is 3.25. The Bertz CT molecular complexity index is 275. The lowest BCUT2D eigenvalue weighted by atomic mass is 10.2. The third kappa shape index (κ3) is 1.52. The van der Waals surface area contributed by atoms with Gasteiger partial charge in [-0.3, -0.25) is 0 Å². The second kappa shape index (κ2) is 3.19. The van der Waals surface area contributed by atoms with Crippen LogP contribution in [0.1, 0.15) is 5.56 Å². The van der Waals surface area contributed by atoms with E-state index < -0.39 is 0 Å². The highest BCUT2D eigenvalue weighted by molar-refractivity contribution is 9.10. The lowest BCUT2D eigenvalue weighted by Crippen LogP contribution is -2.01. The highest BCUT2D eigenvalue weighted by Crippen LogP contribution is 2.24. The largest absolute Gasteiger partial charge is 0.398 e. The molecular formula is C7H8BrFN2. The van der Waals surface area contributed by atoms with Crippen LogP contribution in [-0.4, -0.2) is 0 Å². The number of hydrogen-bond acceptors (Lipinski definition) is 2. The minimum absolute atomic E-state index is 0.185. The van der Waals surface area contributed by atoms with Crippen LogP contribution in [0.5, 0.6) is 0 Å². The van der Waals surface area contributed by atoms with Crippen LogP contribution in [0.3, 0.4) is 0 Å². The van der Waals surface area contributed by atoms with E-state index >= 15 is 0 Å². The predicted molar refractivity (Wildman–Crippen MR) is 46.4 cm³/mol. The van der Waals surface area contributed by atoms with Crippen LogP contribution < -0.4 is 11.5 Å². The number of hydrogen-bond donors (Lipinski definition) is 2. The Kier molecular flexibility index (Phi) is 2.46. The zero-order valence-electron chi connectivity index (χ0n) is 5.77. The molecule has 0 heterocycles. The van der Waals surface area contributed by atoms with E-state index in [9.17, 15) is 4.39 Å². The Labute approximate surface area is 72.5 Å². The molecule has 0 aliphatic heterocycles. The maximum absolute atomic E-state index is 13.1. The first-order valence-corrected chi connectivity index (χ1v) is 3.88. The van der Waals surface area contributed by atoms with E-state index in [-0.39, 0.29) is 12.4 Å². The van der Waals surface area contributed by atoms with Gasteiger partial charge >= 0.3 is 0 Å². The maximum atomic E-state index is 13.1. The van der Waals surface area contributed by atoms with Gasteiger partial charge in [0.15, 0.2) is 0 Å². The molecule has 0 aliphatic rings. The Morgan fingerprint density at radius 3 is 2.64 bits per heavy atom. The van der Waals surface area contributed by atoms with E-state index in [0.29, 0.717) is 15.7 Å². The van der Waals surface area contributed by atoms with Crippen LogP contribution in [0, 0.1) is 5.82 Å². The first-order chi connectivity index (χ1) is 5.16. The zero-order chi connectivity index (χ0) is 8.43. The molecule has 1 aromatic carbocycles. The highest BCUT2D eigenvalue weighted by atomic mass is 79.9. The number of rotatable bonds is 1. The third-order valence-electron chi connectivity index (χ3n) is 1.41. The molecule has 0 saturated heterocycles. The first-order valence-electron chi connectivity index (χ1n) is 3.09. The van der Waals surface area contributed by atoms with E-state index in [1.54, 1.807) is 12.1 Å². The van der Waals surface area contributed by atoms with Crippen LogP contribution in [0.25, 0.3) is 0 Å². The molecule has 4 heteroatoms. The molecule has 0 aromatic heterocycles. The second-order valence-electron chi connectivity index (χ2n) is 2.15. The van der Waals surface area contributed by atoms with E-state index in [2.05, 4.69) is 15.9 Å². The van der Waals surface area contributed by atoms with Crippen molar-refractivity contribution < 1.29 is 4.39 Å². The summed E-state index contributed by atoms with van der Waals surface area (Å²) in [5.74, 6) is -0.368. The average Bonchev–Trinajstić information content (AvgIpc) is 2.01. The number of halogens is 2. The molecule has 0 fully saturated rings. The average molecular weight is 219 g/mol. The molecule has 1 aromatic rings. The van der Waals surface area contributed by atoms with Gasteiger partial charge in [-0.2, -0.15) is 0 Å². The van der Waals surface area contributed by atoms with Crippen molar-refractivity contribution in [1.82, 2.24) is 0 Å². The van der Waals surface area contributed by atoms with E-state index in [1.165, 1.54) is 0 Å². The number of nitrogens with two attached hydrogens (primary N) is 2. The second-order valence-corrected chi connectivity index (χ2v) is 2.94. The van der Waals surface area contributed by atoms with Crippen molar-refractivity contribution in [3.63, 3.8) is 0 Å². The third-order valence-corrected chi connectivity index (χ3v) is 2.22. The van der Waals surface area contributed by atoms with Gasteiger partial charge in [-0.15, -0.1) is 0 Å². The standard InChI is InChI=1S/C7H8BrFN2/c8-6-5(11)2-1-4(3-10)7(6)9/h1-2H,3,10-11H2. The number of nitrogen functional groups attached to an aromatic ring is 1. The van der Waals surface area contributed by atoms with Crippen molar-refractivity contribution in [1.29, 1.82) is 0 Å². The Morgan fingerprint density at radius 2 is 2.09 bits per heavy atom. The molecule has 4 N–H and O–H groups in total. The van der Waals surface area contributed by atoms with Gasteiger partial charge in [-0.25, -0.2) is 4.39 Å². The van der Waals surface area contributed by atoms with Gasteiger partial charge in [0.25, 0.3) is 0 Å². The molecule has 60 valence electrons. The molecule has 0 spiro atoms. The van der Waals surface area contributed by atoms with Crippen molar-refractivity contribution in [2.75, 3.05) is 5.73 Å². The first kappa shape index (κ1) is 8.49. The van der Waals surface area contributed by atoms with Gasteiger partial charge in [-0.05, 0) is 22.0 Å². The molecule has 1 rings (SSSR count). The van der Waals surface area contributed by atoms with Crippen LogP contribution in [-0.2, 0) is 6.54 Å². The zero-order valence-corrected chi connectivity index (χ0v) is 7.36. The van der Waals surface area contributed by atoms with Crippen molar-refractivity contribution in [3.8, 4) is 0 Å². The molecule has 11 heavy (non-hydrogen) atoms. The fourth-order valence-corrected chi connectivity index (χ4v) is 1.15. The number of anilines is 1. The summed E-state index contributed by atoms with van der Waals surface area (Å²) < 4.78 is 13.3. The molecular weight excluding hydrogens is 211 g/mol. The van der Waals surface area contributed by atoms with Gasteiger partial charge in [0, 0.05) is 17.8 Å². The van der Waals surface area contributed by atoms with Gasteiger partial charge < -0.3 is 11.5 Å². The van der Waals surface area contributed by atoms with Gasteiger partial charge in [0.05, 0.1) is 4.47 Å². The fourth-order valence-electron chi connectivity index (χ4n) is 0.762. The summed E-state index contributed by atoms with van der Waals surface area (Å²) >= 11 is 3.02. The Hall–Kier alpha value is -0.610. The van der Waals surface area contributed by atoms with Gasteiger partial charge in [-0.1, -0.05) is 6.07 Å². The topological polar surface area (TPSA) is 52.0 Å². The van der Waals surface area contributed by atoms with Gasteiger partial charge in [0.2, 0.25) is 0 Å². The summed E-state index contributed by atoms with van der Waals surface area (Å²) in [6.07, 6.45) is 0. The molecule has 0 atom stereocenters. The molecule has 0 radical (unpaired) electrons. The lowest BCUT2D eigenvalue weighted by molar-refractivity contribution is 0.605. The quantitative estimate of drug-likeness (QED) is 0.705. The summed E-state index contributed by atoms with van der Waals surface area (Å²) in [4.78, 5) is 0. The van der Waals surface area contributed by atoms with E-state index in [4.69, 9.17) is 11.5 Å². The predicted octanol–water partition coefficient (Wildman–Crippen LogP) is 1.63. The van der Waals surface area contributed by atoms with Crippen molar-refractivity contribution in [3.05, 3.63) is 28.0 Å². The normalized spacial score (nSPS) is 10.1. The summed E-state index contributed by atoms with van der Waals surface area (Å²) in [6, 6.07) is 3.20. The molecule has 2 nitrogen and oxygen atoms in total.